The standard InChI is InChI=1S/C20H23N3O4/c1-23(14-15-6-3-2-4-7-15)20(27)21-11-10-18(24)22-17-9-5-8-16(12-17)13-19(25)26/h2-9,12H,10-11,13-14H2,1H3,(H,21,27)(H,22,24)(H,25,26). The molecule has 0 aliphatic heterocycles. The van der Waals surface area contributed by atoms with Crippen molar-refractivity contribution in [2.24, 2.45) is 0 Å². The number of benzene rings is 2. The number of hydrogen-bond acceptors (Lipinski definition) is 3. The summed E-state index contributed by atoms with van der Waals surface area (Å²) in [4.78, 5) is 36.3. The van der Waals surface area contributed by atoms with Gasteiger partial charge in [0.25, 0.3) is 0 Å². The Balaban J connectivity index is 1.74. The van der Waals surface area contributed by atoms with E-state index in [-0.39, 0.29) is 31.3 Å². The summed E-state index contributed by atoms with van der Waals surface area (Å²) in [5, 5.41) is 14.2. The first kappa shape index (κ1) is 20.0. The number of carbonyl (C=O) groups excluding carboxylic acids is 2. The van der Waals surface area contributed by atoms with Gasteiger partial charge < -0.3 is 20.6 Å². The average molecular weight is 369 g/mol. The Morgan fingerprint density at radius 1 is 1.00 bits per heavy atom. The molecule has 2 aromatic carbocycles. The van der Waals surface area contributed by atoms with Crippen LogP contribution < -0.4 is 10.6 Å². The van der Waals surface area contributed by atoms with E-state index >= 15 is 0 Å². The molecular formula is C20H23N3O4. The van der Waals surface area contributed by atoms with E-state index in [1.807, 2.05) is 30.3 Å². The van der Waals surface area contributed by atoms with Crippen LogP contribution in [-0.4, -0.2) is 41.5 Å². The van der Waals surface area contributed by atoms with E-state index in [1.165, 1.54) is 0 Å². The van der Waals surface area contributed by atoms with Gasteiger partial charge in [0.1, 0.15) is 0 Å². The van der Waals surface area contributed by atoms with Crippen molar-refractivity contribution >= 4 is 23.6 Å². The van der Waals surface area contributed by atoms with Crippen LogP contribution in [0.5, 0.6) is 0 Å². The molecule has 3 N–H and O–H groups in total. The lowest BCUT2D eigenvalue weighted by molar-refractivity contribution is -0.136. The summed E-state index contributed by atoms with van der Waals surface area (Å²) in [6.07, 6.45) is 0.0155. The number of aliphatic carboxylic acids is 1. The number of anilines is 1. The minimum atomic E-state index is -0.930. The van der Waals surface area contributed by atoms with Crippen LogP contribution in [-0.2, 0) is 22.6 Å². The highest BCUT2D eigenvalue weighted by atomic mass is 16.4. The van der Waals surface area contributed by atoms with Gasteiger partial charge in [-0.05, 0) is 23.3 Å². The highest BCUT2D eigenvalue weighted by Gasteiger charge is 2.10. The molecule has 0 radical (unpaired) electrons. The molecule has 0 spiro atoms. The highest BCUT2D eigenvalue weighted by Crippen LogP contribution is 2.11. The van der Waals surface area contributed by atoms with Crippen molar-refractivity contribution in [3.63, 3.8) is 0 Å². The van der Waals surface area contributed by atoms with Crippen molar-refractivity contribution in [2.45, 2.75) is 19.4 Å². The number of hydrogen-bond donors (Lipinski definition) is 3. The van der Waals surface area contributed by atoms with Gasteiger partial charge in [-0.15, -0.1) is 0 Å². The Labute approximate surface area is 158 Å². The van der Waals surface area contributed by atoms with E-state index in [0.29, 0.717) is 17.8 Å². The van der Waals surface area contributed by atoms with Gasteiger partial charge >= 0.3 is 12.0 Å². The fourth-order valence-electron chi connectivity index (χ4n) is 2.50. The van der Waals surface area contributed by atoms with Crippen molar-refractivity contribution < 1.29 is 19.5 Å². The van der Waals surface area contributed by atoms with Gasteiger partial charge in [0, 0.05) is 32.2 Å². The van der Waals surface area contributed by atoms with Crippen molar-refractivity contribution in [2.75, 3.05) is 18.9 Å². The van der Waals surface area contributed by atoms with Crippen LogP contribution in [0.2, 0.25) is 0 Å². The van der Waals surface area contributed by atoms with Crippen LogP contribution in [0, 0.1) is 0 Å². The number of amides is 3. The SMILES string of the molecule is CN(Cc1ccccc1)C(=O)NCCC(=O)Nc1cccc(CC(=O)O)c1. The maximum atomic E-state index is 12.1. The molecule has 0 bridgehead atoms. The van der Waals surface area contributed by atoms with Gasteiger partial charge in [0.15, 0.2) is 0 Å². The number of carboxylic acids is 1. The predicted molar refractivity (Wildman–Crippen MR) is 102 cm³/mol. The number of carboxylic acid groups (broad SMARTS) is 1. The average Bonchev–Trinajstić information content (AvgIpc) is 2.62. The molecule has 142 valence electrons. The van der Waals surface area contributed by atoms with E-state index in [1.54, 1.807) is 36.2 Å². The molecule has 2 aromatic rings. The normalized spacial score (nSPS) is 10.1. The molecule has 7 heteroatoms. The Kier molecular flexibility index (Phi) is 7.37. The summed E-state index contributed by atoms with van der Waals surface area (Å²) < 4.78 is 0. The molecule has 0 fully saturated rings. The molecule has 0 heterocycles. The first-order valence-corrected chi connectivity index (χ1v) is 8.57. The van der Waals surface area contributed by atoms with E-state index in [2.05, 4.69) is 10.6 Å². The maximum Gasteiger partial charge on any atom is 0.317 e. The smallest absolute Gasteiger partial charge is 0.317 e. The Morgan fingerprint density at radius 2 is 1.70 bits per heavy atom. The summed E-state index contributed by atoms with van der Waals surface area (Å²) in [7, 11) is 1.69. The molecule has 2 rings (SSSR count). The Hall–Kier alpha value is -3.35. The monoisotopic (exact) mass is 369 g/mol. The minimum absolute atomic E-state index is 0.104. The molecule has 0 unspecified atom stereocenters. The number of rotatable bonds is 8. The number of nitrogens with one attached hydrogen (secondary N) is 2. The van der Waals surface area contributed by atoms with Crippen molar-refractivity contribution in [3.05, 3.63) is 65.7 Å². The molecular weight excluding hydrogens is 346 g/mol. The highest BCUT2D eigenvalue weighted by molar-refractivity contribution is 5.91. The maximum absolute atomic E-state index is 12.1. The predicted octanol–water partition coefficient (Wildman–Crippen LogP) is 2.48. The lowest BCUT2D eigenvalue weighted by Gasteiger charge is -2.18. The topological polar surface area (TPSA) is 98.7 Å². The summed E-state index contributed by atoms with van der Waals surface area (Å²) in [5.41, 5.74) is 2.16. The van der Waals surface area contributed by atoms with Crippen LogP contribution in [0.3, 0.4) is 0 Å². The van der Waals surface area contributed by atoms with Crippen molar-refractivity contribution in [3.8, 4) is 0 Å². The van der Waals surface area contributed by atoms with Gasteiger partial charge in [0.05, 0.1) is 6.42 Å². The molecule has 0 saturated carbocycles. The molecule has 0 aromatic heterocycles. The largest absolute Gasteiger partial charge is 0.481 e. The second kappa shape index (κ2) is 9.96. The first-order valence-electron chi connectivity index (χ1n) is 8.57. The zero-order valence-electron chi connectivity index (χ0n) is 15.1. The molecule has 7 nitrogen and oxygen atoms in total. The van der Waals surface area contributed by atoms with E-state index in [9.17, 15) is 14.4 Å². The molecule has 3 amide bonds. The van der Waals surface area contributed by atoms with E-state index in [0.717, 1.165) is 5.56 Å². The van der Waals surface area contributed by atoms with Crippen molar-refractivity contribution in [1.29, 1.82) is 0 Å². The number of nitrogens with zero attached hydrogens (tertiary/aromatic N) is 1. The van der Waals surface area contributed by atoms with Crippen LogP contribution in [0.4, 0.5) is 10.5 Å². The van der Waals surface area contributed by atoms with Crippen LogP contribution in [0.15, 0.2) is 54.6 Å². The summed E-state index contributed by atoms with van der Waals surface area (Å²) in [5.74, 6) is -1.19. The van der Waals surface area contributed by atoms with Crippen LogP contribution in [0.25, 0.3) is 0 Å². The van der Waals surface area contributed by atoms with Gasteiger partial charge in [-0.3, -0.25) is 9.59 Å². The lowest BCUT2D eigenvalue weighted by atomic mass is 10.1. The third-order valence-corrected chi connectivity index (χ3v) is 3.80. The third-order valence-electron chi connectivity index (χ3n) is 3.80. The third kappa shape index (κ3) is 7.19. The van der Waals surface area contributed by atoms with Crippen molar-refractivity contribution in [1.82, 2.24) is 10.2 Å². The molecule has 0 atom stereocenters. The molecule has 0 saturated heterocycles. The zero-order valence-corrected chi connectivity index (χ0v) is 15.1. The van der Waals surface area contributed by atoms with Crippen LogP contribution in [0.1, 0.15) is 17.5 Å². The number of carbonyl (C=O) groups is 3. The quantitative estimate of drug-likeness (QED) is 0.666. The van der Waals surface area contributed by atoms with Gasteiger partial charge in [-0.2, -0.15) is 0 Å². The fraction of sp³-hybridized carbons (Fsp3) is 0.250. The number of urea groups is 1. The summed E-state index contributed by atoms with van der Waals surface area (Å²) in [6, 6.07) is 16.1. The minimum Gasteiger partial charge on any atom is -0.481 e. The van der Waals surface area contributed by atoms with Gasteiger partial charge in [-0.1, -0.05) is 42.5 Å². The summed E-state index contributed by atoms with van der Waals surface area (Å²) in [6.45, 7) is 0.688. The first-order chi connectivity index (χ1) is 12.9. The fourth-order valence-corrected chi connectivity index (χ4v) is 2.50. The van der Waals surface area contributed by atoms with Gasteiger partial charge in [0.2, 0.25) is 5.91 Å². The van der Waals surface area contributed by atoms with Gasteiger partial charge in [-0.25, -0.2) is 4.79 Å². The molecule has 0 aliphatic carbocycles. The van der Waals surface area contributed by atoms with E-state index in [4.69, 9.17) is 5.11 Å². The molecule has 0 aliphatic rings. The lowest BCUT2D eigenvalue weighted by Crippen LogP contribution is -2.38. The second-order valence-electron chi connectivity index (χ2n) is 6.14. The Bertz CT molecular complexity index is 793. The Morgan fingerprint density at radius 3 is 2.41 bits per heavy atom. The summed E-state index contributed by atoms with van der Waals surface area (Å²) >= 11 is 0. The molecule has 27 heavy (non-hydrogen) atoms. The second-order valence-corrected chi connectivity index (χ2v) is 6.14. The van der Waals surface area contributed by atoms with Crippen LogP contribution >= 0.6 is 0 Å². The zero-order chi connectivity index (χ0) is 19.6. The van der Waals surface area contributed by atoms with E-state index < -0.39 is 5.97 Å².